The molecule has 1 unspecified atom stereocenters. The van der Waals surface area contributed by atoms with Gasteiger partial charge in [0.15, 0.2) is 0 Å². The van der Waals surface area contributed by atoms with Gasteiger partial charge < -0.3 is 5.73 Å². The Morgan fingerprint density at radius 3 is 2.41 bits per heavy atom. The van der Waals surface area contributed by atoms with Crippen molar-refractivity contribution in [3.8, 4) is 0 Å². The van der Waals surface area contributed by atoms with E-state index >= 15 is 0 Å². The van der Waals surface area contributed by atoms with Gasteiger partial charge in [-0.2, -0.15) is 0 Å². The van der Waals surface area contributed by atoms with E-state index in [1.54, 1.807) is 0 Å². The molecule has 17 heavy (non-hydrogen) atoms. The lowest BCUT2D eigenvalue weighted by molar-refractivity contribution is 0.887. The van der Waals surface area contributed by atoms with Crippen LogP contribution in [0.2, 0.25) is 10.0 Å². The second-order valence-corrected chi connectivity index (χ2v) is 7.51. The third kappa shape index (κ3) is 3.06. The van der Waals surface area contributed by atoms with Crippen molar-refractivity contribution in [1.29, 1.82) is 0 Å². The van der Waals surface area contributed by atoms with Crippen molar-refractivity contribution in [3.63, 3.8) is 0 Å². The van der Waals surface area contributed by atoms with Crippen molar-refractivity contribution in [1.82, 2.24) is 0 Å². The molecule has 0 saturated heterocycles. The molecule has 1 aromatic carbocycles. The van der Waals surface area contributed by atoms with Crippen molar-refractivity contribution in [2.24, 2.45) is 5.73 Å². The number of nitrogens with two attached hydrogens (primary N) is 1. The quantitative estimate of drug-likeness (QED) is 0.676. The summed E-state index contributed by atoms with van der Waals surface area (Å²) in [5.74, 6) is 0. The summed E-state index contributed by atoms with van der Waals surface area (Å²) in [4.78, 5) is 1.00. The number of hydrogen-bond donors (Lipinski definition) is 1. The molecular weight excluding hydrogens is 409 g/mol. The lowest BCUT2D eigenvalue weighted by Gasteiger charge is -2.12. The predicted octanol–water partition coefficient (Wildman–Crippen LogP) is 5.63. The number of benzene rings is 1. The molecule has 0 aliphatic rings. The van der Waals surface area contributed by atoms with E-state index in [1.807, 2.05) is 24.3 Å². The summed E-state index contributed by atoms with van der Waals surface area (Å²) in [6.07, 6.45) is 0. The van der Waals surface area contributed by atoms with E-state index in [0.29, 0.717) is 10.0 Å². The Kier molecular flexibility index (Phi) is 4.55. The Labute approximate surface area is 130 Å². The standard InChI is InChI=1S/C11H7Br2Cl2NS/c12-7-3-5(14)1-2-6(7)10(16)9-4-8(15)11(13)17-9/h1-4,10H,16H2. The van der Waals surface area contributed by atoms with Crippen LogP contribution in [0, 0.1) is 0 Å². The Morgan fingerprint density at radius 2 is 1.88 bits per heavy atom. The molecule has 0 saturated carbocycles. The van der Waals surface area contributed by atoms with Crippen LogP contribution in [0.1, 0.15) is 16.5 Å². The Morgan fingerprint density at radius 1 is 1.18 bits per heavy atom. The van der Waals surface area contributed by atoms with Gasteiger partial charge in [0.2, 0.25) is 0 Å². The van der Waals surface area contributed by atoms with Crippen LogP contribution < -0.4 is 5.73 Å². The van der Waals surface area contributed by atoms with Gasteiger partial charge in [0.25, 0.3) is 0 Å². The topological polar surface area (TPSA) is 26.0 Å². The lowest BCUT2D eigenvalue weighted by Crippen LogP contribution is -2.10. The van der Waals surface area contributed by atoms with Crippen LogP contribution in [0.25, 0.3) is 0 Å². The lowest BCUT2D eigenvalue weighted by atomic mass is 10.1. The molecule has 0 bridgehead atoms. The molecule has 0 radical (unpaired) electrons. The molecule has 2 aromatic rings. The second kappa shape index (κ2) is 5.59. The number of rotatable bonds is 2. The molecule has 1 heterocycles. The molecule has 90 valence electrons. The summed E-state index contributed by atoms with van der Waals surface area (Å²) in [5.41, 5.74) is 7.19. The first-order valence-corrected chi connectivity index (χ1v) is 7.80. The fourth-order valence-electron chi connectivity index (χ4n) is 1.42. The fraction of sp³-hybridized carbons (Fsp3) is 0.0909. The zero-order valence-corrected chi connectivity index (χ0v) is 13.9. The highest BCUT2D eigenvalue weighted by Gasteiger charge is 2.16. The Bertz CT molecular complexity index is 537. The first-order valence-electron chi connectivity index (χ1n) is 4.64. The van der Waals surface area contributed by atoms with Gasteiger partial charge >= 0.3 is 0 Å². The molecule has 0 aliphatic carbocycles. The number of thiophene rings is 1. The normalized spacial score (nSPS) is 12.8. The predicted molar refractivity (Wildman–Crippen MR) is 82.2 cm³/mol. The van der Waals surface area contributed by atoms with Crippen LogP contribution in [-0.2, 0) is 0 Å². The SMILES string of the molecule is NC(c1cc(Cl)c(Br)s1)c1ccc(Cl)cc1Br. The third-order valence-corrected chi connectivity index (χ3v) is 5.75. The highest BCUT2D eigenvalue weighted by atomic mass is 79.9. The van der Waals surface area contributed by atoms with E-state index in [9.17, 15) is 0 Å². The maximum atomic E-state index is 6.21. The molecule has 0 fully saturated rings. The average molecular weight is 416 g/mol. The van der Waals surface area contributed by atoms with E-state index < -0.39 is 0 Å². The van der Waals surface area contributed by atoms with Crippen LogP contribution in [0.4, 0.5) is 0 Å². The fourth-order valence-corrected chi connectivity index (χ4v) is 4.12. The zero-order valence-electron chi connectivity index (χ0n) is 8.38. The van der Waals surface area contributed by atoms with E-state index in [1.165, 1.54) is 11.3 Å². The van der Waals surface area contributed by atoms with Crippen molar-refractivity contribution < 1.29 is 0 Å². The van der Waals surface area contributed by atoms with Crippen LogP contribution in [0.3, 0.4) is 0 Å². The van der Waals surface area contributed by atoms with Gasteiger partial charge in [0.1, 0.15) is 0 Å². The van der Waals surface area contributed by atoms with Gasteiger partial charge in [-0.15, -0.1) is 11.3 Å². The van der Waals surface area contributed by atoms with E-state index in [4.69, 9.17) is 28.9 Å². The van der Waals surface area contributed by atoms with Crippen molar-refractivity contribution in [2.75, 3.05) is 0 Å². The number of hydrogen-bond acceptors (Lipinski definition) is 2. The molecule has 2 N–H and O–H groups in total. The van der Waals surface area contributed by atoms with Crippen LogP contribution in [0.15, 0.2) is 32.5 Å². The van der Waals surface area contributed by atoms with Crippen molar-refractivity contribution in [2.45, 2.75) is 6.04 Å². The van der Waals surface area contributed by atoms with Crippen molar-refractivity contribution in [3.05, 3.63) is 53.0 Å². The van der Waals surface area contributed by atoms with Crippen LogP contribution in [-0.4, -0.2) is 0 Å². The summed E-state index contributed by atoms with van der Waals surface area (Å²) in [5, 5.41) is 1.36. The smallest absolute Gasteiger partial charge is 0.0888 e. The summed E-state index contributed by atoms with van der Waals surface area (Å²) in [7, 11) is 0. The van der Waals surface area contributed by atoms with Crippen LogP contribution >= 0.6 is 66.4 Å². The minimum absolute atomic E-state index is 0.213. The molecule has 1 atom stereocenters. The molecule has 6 heteroatoms. The molecule has 1 nitrogen and oxygen atoms in total. The van der Waals surface area contributed by atoms with Crippen molar-refractivity contribution >= 4 is 66.4 Å². The van der Waals surface area contributed by atoms with Gasteiger partial charge in [-0.25, -0.2) is 0 Å². The van der Waals surface area contributed by atoms with Gasteiger partial charge in [0, 0.05) is 14.4 Å². The van der Waals surface area contributed by atoms with E-state index in [2.05, 4.69) is 31.9 Å². The molecule has 0 spiro atoms. The maximum absolute atomic E-state index is 6.21. The monoisotopic (exact) mass is 413 g/mol. The molecule has 2 rings (SSSR count). The van der Waals surface area contributed by atoms with Gasteiger partial charge in [0.05, 0.1) is 14.9 Å². The zero-order chi connectivity index (χ0) is 12.6. The minimum atomic E-state index is -0.213. The molecular formula is C11H7Br2Cl2NS. The second-order valence-electron chi connectivity index (χ2n) is 3.41. The number of halogens is 4. The van der Waals surface area contributed by atoms with E-state index in [-0.39, 0.29) is 6.04 Å². The first kappa shape index (κ1) is 13.8. The van der Waals surface area contributed by atoms with Crippen LogP contribution in [0.5, 0.6) is 0 Å². The highest BCUT2D eigenvalue weighted by molar-refractivity contribution is 9.11. The van der Waals surface area contributed by atoms with Gasteiger partial charge in [-0.1, -0.05) is 45.2 Å². The van der Waals surface area contributed by atoms with Gasteiger partial charge in [-0.3, -0.25) is 0 Å². The Balaban J connectivity index is 2.39. The third-order valence-electron chi connectivity index (χ3n) is 2.27. The Hall–Kier alpha value is 0.420. The highest BCUT2D eigenvalue weighted by Crippen LogP contribution is 2.38. The summed E-state index contributed by atoms with van der Waals surface area (Å²) in [6.45, 7) is 0. The average Bonchev–Trinajstić information content (AvgIpc) is 2.58. The summed E-state index contributed by atoms with van der Waals surface area (Å²) < 4.78 is 1.80. The first-order chi connectivity index (χ1) is 7.99. The summed E-state index contributed by atoms with van der Waals surface area (Å²) in [6, 6.07) is 7.24. The molecule has 1 aromatic heterocycles. The minimum Gasteiger partial charge on any atom is -0.320 e. The molecule has 0 aliphatic heterocycles. The maximum Gasteiger partial charge on any atom is 0.0888 e. The largest absolute Gasteiger partial charge is 0.320 e. The summed E-state index contributed by atoms with van der Waals surface area (Å²) >= 11 is 20.3. The van der Waals surface area contributed by atoms with E-state index in [0.717, 1.165) is 18.7 Å². The molecule has 0 amide bonds. The van der Waals surface area contributed by atoms with Gasteiger partial charge in [-0.05, 0) is 39.7 Å².